The van der Waals surface area contributed by atoms with Gasteiger partial charge >= 0.3 is 0 Å². The average molecular weight is 396 g/mol. The van der Waals surface area contributed by atoms with Gasteiger partial charge in [-0.05, 0) is 76.4 Å². The van der Waals surface area contributed by atoms with E-state index < -0.39 is 5.41 Å². The Labute approximate surface area is 174 Å². The van der Waals surface area contributed by atoms with Crippen LogP contribution < -0.4 is 15.5 Å². The third-order valence-electron chi connectivity index (χ3n) is 5.42. The summed E-state index contributed by atoms with van der Waals surface area (Å²) in [7, 11) is 0. The molecule has 156 valence electrons. The van der Waals surface area contributed by atoms with E-state index in [9.17, 15) is 9.59 Å². The Morgan fingerprint density at radius 1 is 0.931 bits per heavy atom. The quantitative estimate of drug-likeness (QED) is 0.650. The zero-order valence-electron chi connectivity index (χ0n) is 18.4. The van der Waals surface area contributed by atoms with E-state index in [1.807, 2.05) is 50.2 Å². The van der Waals surface area contributed by atoms with E-state index in [0.29, 0.717) is 6.54 Å². The van der Waals surface area contributed by atoms with Crippen molar-refractivity contribution in [1.29, 1.82) is 0 Å². The first-order chi connectivity index (χ1) is 13.7. The van der Waals surface area contributed by atoms with Crippen molar-refractivity contribution in [2.75, 3.05) is 23.3 Å². The number of nitrogens with zero attached hydrogens (tertiary/aromatic N) is 1. The monoisotopic (exact) mass is 395 g/mol. The summed E-state index contributed by atoms with van der Waals surface area (Å²) in [4.78, 5) is 27.8. The Morgan fingerprint density at radius 2 is 1.59 bits per heavy atom. The summed E-state index contributed by atoms with van der Waals surface area (Å²) in [5.74, 6) is -0.617. The molecule has 2 amide bonds. The number of rotatable bonds is 8. The molecule has 5 heteroatoms. The molecule has 0 atom stereocenters. The van der Waals surface area contributed by atoms with Gasteiger partial charge in [0.1, 0.15) is 5.41 Å². The molecular formula is C24H33N3O2. The van der Waals surface area contributed by atoms with Crippen LogP contribution in [-0.4, -0.2) is 24.9 Å². The maximum absolute atomic E-state index is 12.9. The van der Waals surface area contributed by atoms with Crippen LogP contribution in [0.5, 0.6) is 0 Å². The molecule has 2 aromatic carbocycles. The largest absolute Gasteiger partial charge is 0.372 e. The number of hydrogen-bond donors (Lipinski definition) is 2. The van der Waals surface area contributed by atoms with Crippen LogP contribution in [0.1, 0.15) is 44.4 Å². The molecule has 0 radical (unpaired) electrons. The molecule has 0 unspecified atom stereocenters. The molecule has 0 aliphatic rings. The summed E-state index contributed by atoms with van der Waals surface area (Å²) in [6.07, 6.45) is 0. The minimum absolute atomic E-state index is 0.296. The summed E-state index contributed by atoms with van der Waals surface area (Å²) in [5, 5.41) is 5.82. The Kier molecular flexibility index (Phi) is 7.43. The molecule has 0 saturated heterocycles. The SMILES string of the molecule is CCN(CC)c1ccc(NC(=O)C(C)(C)C(=O)NCc2ccccc2C)c(C)c1. The van der Waals surface area contributed by atoms with Crippen molar-refractivity contribution in [1.82, 2.24) is 5.32 Å². The number of hydrogen-bond acceptors (Lipinski definition) is 3. The molecule has 2 N–H and O–H groups in total. The van der Waals surface area contributed by atoms with Crippen LogP contribution >= 0.6 is 0 Å². The number of amides is 2. The van der Waals surface area contributed by atoms with E-state index in [-0.39, 0.29) is 11.8 Å². The van der Waals surface area contributed by atoms with Gasteiger partial charge in [0.2, 0.25) is 11.8 Å². The van der Waals surface area contributed by atoms with Crippen molar-refractivity contribution in [2.45, 2.75) is 48.1 Å². The van der Waals surface area contributed by atoms with E-state index in [1.54, 1.807) is 13.8 Å². The number of carbonyl (C=O) groups is 2. The van der Waals surface area contributed by atoms with Crippen LogP contribution in [-0.2, 0) is 16.1 Å². The van der Waals surface area contributed by atoms with E-state index in [0.717, 1.165) is 41.2 Å². The predicted octanol–water partition coefficient (Wildman–Crippen LogP) is 4.43. The molecule has 0 spiro atoms. The number of benzene rings is 2. The lowest BCUT2D eigenvalue weighted by Crippen LogP contribution is -2.45. The summed E-state index contributed by atoms with van der Waals surface area (Å²) in [6, 6.07) is 13.9. The van der Waals surface area contributed by atoms with Crippen LogP contribution in [0.15, 0.2) is 42.5 Å². The van der Waals surface area contributed by atoms with Gasteiger partial charge in [-0.15, -0.1) is 0 Å². The Balaban J connectivity index is 2.06. The molecule has 0 fully saturated rings. The Morgan fingerprint density at radius 3 is 2.17 bits per heavy atom. The highest BCUT2D eigenvalue weighted by Gasteiger charge is 2.36. The van der Waals surface area contributed by atoms with Crippen LogP contribution in [0.4, 0.5) is 11.4 Å². The number of nitrogens with one attached hydrogen (secondary N) is 2. The minimum atomic E-state index is -1.19. The topological polar surface area (TPSA) is 61.4 Å². The average Bonchev–Trinajstić information content (AvgIpc) is 2.69. The Hall–Kier alpha value is -2.82. The second-order valence-corrected chi connectivity index (χ2v) is 7.86. The first-order valence-corrected chi connectivity index (χ1v) is 10.2. The van der Waals surface area contributed by atoms with Crippen molar-refractivity contribution < 1.29 is 9.59 Å². The van der Waals surface area contributed by atoms with Crippen molar-refractivity contribution >= 4 is 23.2 Å². The third kappa shape index (κ3) is 5.37. The van der Waals surface area contributed by atoms with Gasteiger partial charge in [0.15, 0.2) is 0 Å². The Bertz CT molecular complexity index is 870. The first kappa shape index (κ1) is 22.5. The van der Waals surface area contributed by atoms with Gasteiger partial charge in [-0.1, -0.05) is 24.3 Å². The maximum atomic E-state index is 12.9. The summed E-state index contributed by atoms with van der Waals surface area (Å²) >= 11 is 0. The van der Waals surface area contributed by atoms with Crippen LogP contribution in [0, 0.1) is 19.3 Å². The van der Waals surface area contributed by atoms with E-state index in [1.165, 1.54) is 0 Å². The zero-order chi connectivity index (χ0) is 21.6. The van der Waals surface area contributed by atoms with Crippen LogP contribution in [0.25, 0.3) is 0 Å². The molecular weight excluding hydrogens is 362 g/mol. The van der Waals surface area contributed by atoms with Gasteiger partial charge in [0.05, 0.1) is 0 Å². The number of anilines is 2. The molecule has 0 aliphatic heterocycles. The second kappa shape index (κ2) is 9.59. The summed E-state index contributed by atoms with van der Waals surface area (Å²) in [6.45, 7) is 13.8. The zero-order valence-corrected chi connectivity index (χ0v) is 18.4. The van der Waals surface area contributed by atoms with Crippen molar-refractivity contribution in [2.24, 2.45) is 5.41 Å². The molecule has 0 saturated carbocycles. The molecule has 29 heavy (non-hydrogen) atoms. The fourth-order valence-corrected chi connectivity index (χ4v) is 3.16. The van der Waals surface area contributed by atoms with Gasteiger partial charge in [-0.2, -0.15) is 0 Å². The molecule has 0 heterocycles. The molecule has 2 aromatic rings. The fourth-order valence-electron chi connectivity index (χ4n) is 3.16. The normalized spacial score (nSPS) is 11.1. The summed E-state index contributed by atoms with van der Waals surface area (Å²) < 4.78 is 0. The smallest absolute Gasteiger partial charge is 0.239 e. The number of carbonyl (C=O) groups excluding carboxylic acids is 2. The molecule has 5 nitrogen and oxygen atoms in total. The highest BCUT2D eigenvalue weighted by Crippen LogP contribution is 2.25. The molecule has 0 aromatic heterocycles. The van der Waals surface area contributed by atoms with Crippen molar-refractivity contribution in [3.05, 3.63) is 59.2 Å². The molecule has 0 bridgehead atoms. The van der Waals surface area contributed by atoms with E-state index >= 15 is 0 Å². The van der Waals surface area contributed by atoms with Gasteiger partial charge in [0.25, 0.3) is 0 Å². The van der Waals surface area contributed by atoms with E-state index in [4.69, 9.17) is 0 Å². The third-order valence-corrected chi connectivity index (χ3v) is 5.42. The van der Waals surface area contributed by atoms with Crippen LogP contribution in [0.2, 0.25) is 0 Å². The highest BCUT2D eigenvalue weighted by molar-refractivity contribution is 6.10. The summed E-state index contributed by atoms with van der Waals surface area (Å²) in [5.41, 5.74) is 3.79. The first-order valence-electron chi connectivity index (χ1n) is 10.2. The van der Waals surface area contributed by atoms with Gasteiger partial charge in [-0.3, -0.25) is 9.59 Å². The van der Waals surface area contributed by atoms with Gasteiger partial charge < -0.3 is 15.5 Å². The number of aryl methyl sites for hydroxylation is 2. The molecule has 0 aliphatic carbocycles. The lowest BCUT2D eigenvalue weighted by molar-refractivity contribution is -0.138. The minimum Gasteiger partial charge on any atom is -0.372 e. The lowest BCUT2D eigenvalue weighted by atomic mass is 9.90. The van der Waals surface area contributed by atoms with Crippen molar-refractivity contribution in [3.63, 3.8) is 0 Å². The lowest BCUT2D eigenvalue weighted by Gasteiger charge is -2.25. The molecule has 2 rings (SSSR count). The van der Waals surface area contributed by atoms with Crippen molar-refractivity contribution in [3.8, 4) is 0 Å². The highest BCUT2D eigenvalue weighted by atomic mass is 16.2. The standard InChI is InChI=1S/C24H33N3O2/c1-7-27(8-2)20-13-14-21(18(4)15-20)26-23(29)24(5,6)22(28)25-16-19-12-10-9-11-17(19)3/h9-15H,7-8,16H2,1-6H3,(H,25,28)(H,26,29). The van der Waals surface area contributed by atoms with E-state index in [2.05, 4.69) is 35.4 Å². The van der Waals surface area contributed by atoms with Crippen LogP contribution in [0.3, 0.4) is 0 Å². The maximum Gasteiger partial charge on any atom is 0.239 e. The fraction of sp³-hybridized carbons (Fsp3) is 0.417. The predicted molar refractivity (Wildman–Crippen MR) is 120 cm³/mol. The van der Waals surface area contributed by atoms with Gasteiger partial charge in [0, 0.05) is 31.0 Å². The van der Waals surface area contributed by atoms with Gasteiger partial charge in [-0.25, -0.2) is 0 Å². The second-order valence-electron chi connectivity index (χ2n) is 7.86.